The molecule has 0 amide bonds. The van der Waals surface area contributed by atoms with Gasteiger partial charge in [0.1, 0.15) is 0 Å². The van der Waals surface area contributed by atoms with E-state index in [1.165, 1.54) is 0 Å². The monoisotopic (exact) mass is 452 g/mol. The molecular weight excluding hydrogens is 408 g/mol. The summed E-state index contributed by atoms with van der Waals surface area (Å²) < 4.78 is 12.3. The number of aliphatic carboxylic acids is 2. The second-order valence-electron chi connectivity index (χ2n) is 11.0. The van der Waals surface area contributed by atoms with E-state index in [1.807, 2.05) is 0 Å². The topological polar surface area (TPSA) is 93.1 Å². The van der Waals surface area contributed by atoms with Gasteiger partial charge in [-0.1, -0.05) is 37.8 Å². The van der Waals surface area contributed by atoms with E-state index in [4.69, 9.17) is 9.47 Å². The van der Waals surface area contributed by atoms with Crippen molar-refractivity contribution in [2.75, 3.05) is 0 Å². The molecule has 0 bridgehead atoms. The SMILES string of the molecule is CC(C)(CCCCC1CCC(/C=C/C2CCC(CCCCC(C)(C)C(=O)O)O2)O1)C(=O)O. The summed E-state index contributed by atoms with van der Waals surface area (Å²) in [6, 6.07) is 0. The molecule has 0 aromatic rings. The van der Waals surface area contributed by atoms with Crippen LogP contribution in [0.5, 0.6) is 0 Å². The average Bonchev–Trinajstić information content (AvgIpc) is 3.36. The van der Waals surface area contributed by atoms with E-state index in [-0.39, 0.29) is 24.4 Å². The Balaban J connectivity index is 1.57. The highest BCUT2D eigenvalue weighted by atomic mass is 16.5. The molecular formula is C26H44O6. The second-order valence-corrected chi connectivity index (χ2v) is 11.0. The van der Waals surface area contributed by atoms with Gasteiger partial charge < -0.3 is 19.7 Å². The lowest BCUT2D eigenvalue weighted by atomic mass is 9.87. The van der Waals surface area contributed by atoms with Gasteiger partial charge in [-0.2, -0.15) is 0 Å². The third kappa shape index (κ3) is 8.86. The maximum Gasteiger partial charge on any atom is 0.309 e. The molecule has 2 aliphatic heterocycles. The molecule has 184 valence electrons. The van der Waals surface area contributed by atoms with E-state index in [1.54, 1.807) is 27.7 Å². The van der Waals surface area contributed by atoms with Crippen molar-refractivity contribution in [3.8, 4) is 0 Å². The molecule has 2 rings (SSSR count). The Hall–Kier alpha value is -1.40. The van der Waals surface area contributed by atoms with Gasteiger partial charge in [-0.3, -0.25) is 9.59 Å². The zero-order valence-electron chi connectivity index (χ0n) is 20.5. The summed E-state index contributed by atoms with van der Waals surface area (Å²) in [7, 11) is 0. The van der Waals surface area contributed by atoms with Crippen LogP contribution in [0.25, 0.3) is 0 Å². The number of carbonyl (C=O) groups is 2. The summed E-state index contributed by atoms with van der Waals surface area (Å²) in [4.78, 5) is 22.4. The van der Waals surface area contributed by atoms with E-state index >= 15 is 0 Å². The van der Waals surface area contributed by atoms with Crippen molar-refractivity contribution in [2.24, 2.45) is 10.8 Å². The summed E-state index contributed by atoms with van der Waals surface area (Å²) in [5.74, 6) is -1.45. The molecule has 0 aromatic heterocycles. The molecule has 4 atom stereocenters. The third-order valence-corrected chi connectivity index (χ3v) is 7.13. The Morgan fingerprint density at radius 2 is 1.09 bits per heavy atom. The molecule has 4 unspecified atom stereocenters. The minimum Gasteiger partial charge on any atom is -0.481 e. The smallest absolute Gasteiger partial charge is 0.309 e. The zero-order valence-corrected chi connectivity index (χ0v) is 20.5. The predicted molar refractivity (Wildman–Crippen MR) is 125 cm³/mol. The van der Waals surface area contributed by atoms with Crippen molar-refractivity contribution in [2.45, 2.75) is 129 Å². The van der Waals surface area contributed by atoms with E-state index in [0.29, 0.717) is 12.8 Å². The highest BCUT2D eigenvalue weighted by molar-refractivity contribution is 5.73. The highest BCUT2D eigenvalue weighted by Crippen LogP contribution is 2.30. The molecule has 2 aliphatic rings. The number of unbranched alkanes of at least 4 members (excludes halogenated alkanes) is 2. The van der Waals surface area contributed by atoms with Crippen molar-refractivity contribution >= 4 is 11.9 Å². The third-order valence-electron chi connectivity index (χ3n) is 7.13. The molecule has 0 saturated carbocycles. The van der Waals surface area contributed by atoms with Gasteiger partial charge in [0, 0.05) is 0 Å². The molecule has 2 heterocycles. The van der Waals surface area contributed by atoms with Gasteiger partial charge in [-0.05, 0) is 79.1 Å². The van der Waals surface area contributed by atoms with Crippen molar-refractivity contribution in [3.05, 3.63) is 12.2 Å². The first-order valence-corrected chi connectivity index (χ1v) is 12.5. The summed E-state index contributed by atoms with van der Waals surface area (Å²) in [6.45, 7) is 7.16. The van der Waals surface area contributed by atoms with Crippen LogP contribution < -0.4 is 0 Å². The Morgan fingerprint density at radius 3 is 1.44 bits per heavy atom. The van der Waals surface area contributed by atoms with Gasteiger partial charge in [0.15, 0.2) is 0 Å². The maximum atomic E-state index is 11.2. The van der Waals surface area contributed by atoms with Crippen LogP contribution in [0.4, 0.5) is 0 Å². The van der Waals surface area contributed by atoms with Crippen molar-refractivity contribution in [3.63, 3.8) is 0 Å². The first kappa shape index (κ1) is 26.8. The van der Waals surface area contributed by atoms with Gasteiger partial charge in [0.05, 0.1) is 35.2 Å². The van der Waals surface area contributed by atoms with E-state index in [2.05, 4.69) is 12.2 Å². The largest absolute Gasteiger partial charge is 0.481 e. The molecule has 0 aromatic carbocycles. The minimum absolute atomic E-state index is 0.163. The van der Waals surface area contributed by atoms with Crippen LogP contribution in [-0.4, -0.2) is 46.6 Å². The van der Waals surface area contributed by atoms with Crippen LogP contribution in [0.1, 0.15) is 105 Å². The lowest BCUT2D eigenvalue weighted by Crippen LogP contribution is -2.23. The number of carboxylic acid groups (broad SMARTS) is 2. The Bertz CT molecular complexity index is 584. The van der Waals surface area contributed by atoms with Crippen LogP contribution in [0, 0.1) is 10.8 Å². The van der Waals surface area contributed by atoms with E-state index in [9.17, 15) is 19.8 Å². The lowest BCUT2D eigenvalue weighted by molar-refractivity contribution is -0.148. The van der Waals surface area contributed by atoms with Crippen LogP contribution in [0.3, 0.4) is 0 Å². The highest BCUT2D eigenvalue weighted by Gasteiger charge is 2.29. The summed E-state index contributed by atoms with van der Waals surface area (Å²) in [5, 5.41) is 18.4. The average molecular weight is 453 g/mol. The summed E-state index contributed by atoms with van der Waals surface area (Å²) in [5.41, 5.74) is -1.29. The molecule has 2 N–H and O–H groups in total. The van der Waals surface area contributed by atoms with Crippen LogP contribution in [0.2, 0.25) is 0 Å². The second kappa shape index (κ2) is 12.2. The number of ether oxygens (including phenoxy) is 2. The molecule has 0 radical (unpaired) electrons. The number of carboxylic acids is 2. The maximum absolute atomic E-state index is 11.2. The lowest BCUT2D eigenvalue weighted by Gasteiger charge is -2.19. The van der Waals surface area contributed by atoms with Gasteiger partial charge in [-0.15, -0.1) is 0 Å². The standard InChI is InChI=1S/C26H44O6/c1-25(2,23(27)28)17-7-5-9-19-11-13-21(31-19)15-16-22-14-12-20(32-22)10-6-8-18-26(3,4)24(29)30/h15-16,19-22H,5-14,17-18H2,1-4H3,(H,27,28)(H,29,30)/b16-15+. The molecule has 6 nitrogen and oxygen atoms in total. The van der Waals surface area contributed by atoms with Gasteiger partial charge in [0.25, 0.3) is 0 Å². The van der Waals surface area contributed by atoms with Crippen molar-refractivity contribution in [1.29, 1.82) is 0 Å². The fourth-order valence-electron chi connectivity index (χ4n) is 4.51. The van der Waals surface area contributed by atoms with Gasteiger partial charge >= 0.3 is 11.9 Å². The molecule has 6 heteroatoms. The fraction of sp³-hybridized carbons (Fsp3) is 0.846. The molecule has 0 spiro atoms. The number of rotatable bonds is 14. The van der Waals surface area contributed by atoms with Crippen LogP contribution in [0.15, 0.2) is 12.2 Å². The molecule has 2 saturated heterocycles. The van der Waals surface area contributed by atoms with E-state index in [0.717, 1.165) is 64.2 Å². The Kier molecular flexibility index (Phi) is 10.2. The molecule has 0 aliphatic carbocycles. The quantitative estimate of drug-likeness (QED) is 0.249. The first-order valence-electron chi connectivity index (χ1n) is 12.5. The Labute approximate surface area is 193 Å². The van der Waals surface area contributed by atoms with Crippen LogP contribution >= 0.6 is 0 Å². The van der Waals surface area contributed by atoms with Crippen molar-refractivity contribution < 1.29 is 29.3 Å². The fourth-order valence-corrected chi connectivity index (χ4v) is 4.51. The van der Waals surface area contributed by atoms with Crippen molar-refractivity contribution in [1.82, 2.24) is 0 Å². The van der Waals surface area contributed by atoms with Crippen LogP contribution in [-0.2, 0) is 19.1 Å². The summed E-state index contributed by atoms with van der Waals surface area (Å²) in [6.07, 6.45) is 16.7. The summed E-state index contributed by atoms with van der Waals surface area (Å²) >= 11 is 0. The van der Waals surface area contributed by atoms with Gasteiger partial charge in [-0.25, -0.2) is 0 Å². The predicted octanol–water partition coefficient (Wildman–Crippen LogP) is 5.98. The first-order chi connectivity index (χ1) is 15.0. The van der Waals surface area contributed by atoms with Gasteiger partial charge in [0.2, 0.25) is 0 Å². The normalized spacial score (nSPS) is 26.8. The van der Waals surface area contributed by atoms with E-state index < -0.39 is 22.8 Å². The number of hydrogen-bond acceptors (Lipinski definition) is 4. The minimum atomic E-state index is -0.724. The Morgan fingerprint density at radius 1 is 0.719 bits per heavy atom. The number of hydrogen-bond donors (Lipinski definition) is 2. The molecule has 32 heavy (non-hydrogen) atoms. The zero-order chi connectivity index (χ0) is 23.8. The molecule has 2 fully saturated rings.